The molecular formula is C13H13ClN2O4S. The van der Waals surface area contributed by atoms with Gasteiger partial charge in [-0.2, -0.15) is 0 Å². The molecule has 112 valence electrons. The van der Waals surface area contributed by atoms with Crippen molar-refractivity contribution in [3.8, 4) is 0 Å². The third kappa shape index (κ3) is 4.30. The average molecular weight is 329 g/mol. The van der Waals surface area contributed by atoms with Gasteiger partial charge in [-0.1, -0.05) is 16.8 Å². The minimum Gasteiger partial charge on any atom is -0.338 e. The van der Waals surface area contributed by atoms with E-state index in [2.05, 4.69) is 10.5 Å². The van der Waals surface area contributed by atoms with Crippen molar-refractivity contribution < 1.29 is 17.7 Å². The van der Waals surface area contributed by atoms with E-state index < -0.39 is 15.7 Å². The summed E-state index contributed by atoms with van der Waals surface area (Å²) in [7, 11) is -3.52. The SMILES string of the molecule is Cc1cc(NC(=O)CCS(=O)(=O)c2ccc(Cl)cc2)on1. The number of carbonyl (C=O) groups excluding carboxylic acids is 1. The summed E-state index contributed by atoms with van der Waals surface area (Å²) < 4.78 is 28.9. The lowest BCUT2D eigenvalue weighted by atomic mass is 10.4. The summed E-state index contributed by atoms with van der Waals surface area (Å²) in [5.74, 6) is -0.557. The molecule has 1 amide bonds. The molecule has 2 aromatic rings. The number of halogens is 1. The van der Waals surface area contributed by atoms with Crippen LogP contribution in [-0.4, -0.2) is 25.2 Å². The normalized spacial score (nSPS) is 11.3. The number of aryl methyl sites for hydroxylation is 1. The van der Waals surface area contributed by atoms with Crippen molar-refractivity contribution in [2.45, 2.75) is 18.2 Å². The molecular weight excluding hydrogens is 316 g/mol. The average Bonchev–Trinajstić information content (AvgIpc) is 2.82. The van der Waals surface area contributed by atoms with Gasteiger partial charge in [0.25, 0.3) is 0 Å². The number of rotatable bonds is 5. The zero-order chi connectivity index (χ0) is 15.5. The number of hydrogen-bond acceptors (Lipinski definition) is 5. The Kier molecular flexibility index (Phi) is 4.64. The fourth-order valence-corrected chi connectivity index (χ4v) is 2.98. The van der Waals surface area contributed by atoms with Crippen molar-refractivity contribution in [1.82, 2.24) is 5.16 Å². The topological polar surface area (TPSA) is 89.3 Å². The predicted molar refractivity (Wildman–Crippen MR) is 78.0 cm³/mol. The monoisotopic (exact) mass is 328 g/mol. The maximum Gasteiger partial charge on any atom is 0.231 e. The van der Waals surface area contributed by atoms with Gasteiger partial charge in [0.05, 0.1) is 16.3 Å². The van der Waals surface area contributed by atoms with E-state index in [0.717, 1.165) is 0 Å². The Morgan fingerprint density at radius 1 is 1.33 bits per heavy atom. The number of benzene rings is 1. The van der Waals surface area contributed by atoms with Gasteiger partial charge >= 0.3 is 0 Å². The fraction of sp³-hybridized carbons (Fsp3) is 0.231. The summed E-state index contributed by atoms with van der Waals surface area (Å²) in [6.45, 7) is 1.71. The molecule has 0 saturated carbocycles. The molecule has 21 heavy (non-hydrogen) atoms. The minimum atomic E-state index is -3.52. The van der Waals surface area contributed by atoms with Crippen LogP contribution in [0.3, 0.4) is 0 Å². The Morgan fingerprint density at radius 3 is 2.57 bits per heavy atom. The van der Waals surface area contributed by atoms with Crippen molar-refractivity contribution in [1.29, 1.82) is 0 Å². The molecule has 0 saturated heterocycles. The van der Waals surface area contributed by atoms with Crippen molar-refractivity contribution in [2.24, 2.45) is 0 Å². The number of sulfone groups is 1. The van der Waals surface area contributed by atoms with E-state index in [4.69, 9.17) is 16.1 Å². The highest BCUT2D eigenvalue weighted by Crippen LogP contribution is 2.16. The fourth-order valence-electron chi connectivity index (χ4n) is 1.61. The first kappa shape index (κ1) is 15.5. The van der Waals surface area contributed by atoms with E-state index in [9.17, 15) is 13.2 Å². The molecule has 0 spiro atoms. The molecule has 1 aromatic carbocycles. The lowest BCUT2D eigenvalue weighted by molar-refractivity contribution is -0.115. The van der Waals surface area contributed by atoms with Crippen LogP contribution in [0.5, 0.6) is 0 Å². The molecule has 1 N–H and O–H groups in total. The maximum atomic E-state index is 12.0. The van der Waals surface area contributed by atoms with Gasteiger partial charge in [0.15, 0.2) is 9.84 Å². The lowest BCUT2D eigenvalue weighted by Crippen LogP contribution is -2.17. The van der Waals surface area contributed by atoms with Crippen LogP contribution in [0, 0.1) is 6.92 Å². The molecule has 2 rings (SSSR count). The number of amides is 1. The number of hydrogen-bond donors (Lipinski definition) is 1. The van der Waals surface area contributed by atoms with Gasteiger partial charge in [0, 0.05) is 17.5 Å². The number of nitrogens with one attached hydrogen (secondary N) is 1. The van der Waals surface area contributed by atoms with Gasteiger partial charge in [-0.15, -0.1) is 0 Å². The third-order valence-electron chi connectivity index (χ3n) is 2.66. The maximum absolute atomic E-state index is 12.0. The minimum absolute atomic E-state index is 0.134. The van der Waals surface area contributed by atoms with E-state index in [1.807, 2.05) is 0 Å². The van der Waals surface area contributed by atoms with Gasteiger partial charge in [-0.3, -0.25) is 10.1 Å². The molecule has 1 aromatic heterocycles. The molecule has 1 heterocycles. The highest BCUT2D eigenvalue weighted by atomic mass is 35.5. The van der Waals surface area contributed by atoms with E-state index in [1.54, 1.807) is 13.0 Å². The smallest absolute Gasteiger partial charge is 0.231 e. The molecule has 0 aliphatic heterocycles. The van der Waals surface area contributed by atoms with E-state index in [0.29, 0.717) is 10.7 Å². The van der Waals surface area contributed by atoms with Crippen LogP contribution in [0.1, 0.15) is 12.1 Å². The quantitative estimate of drug-likeness (QED) is 0.910. The van der Waals surface area contributed by atoms with Gasteiger partial charge in [0.2, 0.25) is 11.8 Å². The number of nitrogens with zero attached hydrogens (tertiary/aromatic N) is 1. The van der Waals surface area contributed by atoms with Crippen LogP contribution < -0.4 is 5.32 Å². The van der Waals surface area contributed by atoms with Crippen LogP contribution in [-0.2, 0) is 14.6 Å². The van der Waals surface area contributed by atoms with Crippen LogP contribution in [0.15, 0.2) is 39.8 Å². The van der Waals surface area contributed by atoms with Gasteiger partial charge in [-0.25, -0.2) is 8.42 Å². The predicted octanol–water partition coefficient (Wildman–Crippen LogP) is 2.44. The Labute approximate surface area is 127 Å². The van der Waals surface area contributed by atoms with Gasteiger partial charge in [0.1, 0.15) is 0 Å². The first-order chi connectivity index (χ1) is 9.87. The Morgan fingerprint density at radius 2 is 2.00 bits per heavy atom. The molecule has 0 radical (unpaired) electrons. The molecule has 0 unspecified atom stereocenters. The first-order valence-corrected chi connectivity index (χ1v) is 8.11. The van der Waals surface area contributed by atoms with Crippen molar-refractivity contribution in [2.75, 3.05) is 11.1 Å². The molecule has 0 aliphatic carbocycles. The second-order valence-corrected chi connectivity index (χ2v) is 6.95. The highest BCUT2D eigenvalue weighted by molar-refractivity contribution is 7.91. The zero-order valence-corrected chi connectivity index (χ0v) is 12.7. The van der Waals surface area contributed by atoms with Crippen LogP contribution in [0.4, 0.5) is 5.88 Å². The molecule has 0 fully saturated rings. The summed E-state index contributed by atoms with van der Waals surface area (Å²) in [6, 6.07) is 7.36. The molecule has 8 heteroatoms. The van der Waals surface area contributed by atoms with E-state index in [-0.39, 0.29) is 23.0 Å². The molecule has 0 bridgehead atoms. The highest BCUT2D eigenvalue weighted by Gasteiger charge is 2.17. The summed E-state index contributed by atoms with van der Waals surface area (Å²) in [5.41, 5.74) is 0.624. The largest absolute Gasteiger partial charge is 0.338 e. The molecule has 0 atom stereocenters. The Bertz CT molecular complexity index is 738. The van der Waals surface area contributed by atoms with Crippen molar-refractivity contribution >= 4 is 33.2 Å². The summed E-state index contributed by atoms with van der Waals surface area (Å²) in [4.78, 5) is 11.8. The summed E-state index contributed by atoms with van der Waals surface area (Å²) in [5, 5.41) is 6.51. The first-order valence-electron chi connectivity index (χ1n) is 6.08. The standard InChI is InChI=1S/C13H13ClN2O4S/c1-9-8-13(20-16-9)15-12(17)6-7-21(18,19)11-4-2-10(14)3-5-11/h2-5,8H,6-7H2,1H3,(H,15,17). The molecule has 6 nitrogen and oxygen atoms in total. The zero-order valence-electron chi connectivity index (χ0n) is 11.2. The summed E-state index contributed by atoms with van der Waals surface area (Å²) >= 11 is 5.71. The Balaban J connectivity index is 1.95. The number of carbonyl (C=O) groups is 1. The van der Waals surface area contributed by atoms with Crippen LogP contribution in [0.2, 0.25) is 5.02 Å². The van der Waals surface area contributed by atoms with Crippen molar-refractivity contribution in [3.63, 3.8) is 0 Å². The second-order valence-electron chi connectivity index (χ2n) is 4.40. The lowest BCUT2D eigenvalue weighted by Gasteiger charge is -2.04. The third-order valence-corrected chi connectivity index (χ3v) is 4.65. The van der Waals surface area contributed by atoms with Crippen molar-refractivity contribution in [3.05, 3.63) is 41.0 Å². The van der Waals surface area contributed by atoms with E-state index >= 15 is 0 Å². The van der Waals surface area contributed by atoms with Gasteiger partial charge in [-0.05, 0) is 31.2 Å². The number of anilines is 1. The van der Waals surface area contributed by atoms with E-state index in [1.165, 1.54) is 24.3 Å². The Hall–Kier alpha value is -1.86. The van der Waals surface area contributed by atoms with Crippen LogP contribution >= 0.6 is 11.6 Å². The van der Waals surface area contributed by atoms with Crippen LogP contribution in [0.25, 0.3) is 0 Å². The number of aromatic nitrogens is 1. The second kappa shape index (κ2) is 6.28. The molecule has 0 aliphatic rings. The summed E-state index contributed by atoms with van der Waals surface area (Å²) in [6.07, 6.45) is -0.176. The van der Waals surface area contributed by atoms with Gasteiger partial charge < -0.3 is 4.52 Å².